The molecule has 1 saturated carbocycles. The van der Waals surface area contributed by atoms with Gasteiger partial charge in [-0.25, -0.2) is 0 Å². The number of benzene rings is 1. The Hall–Kier alpha value is -1.89. The zero-order chi connectivity index (χ0) is 16.9. The summed E-state index contributed by atoms with van der Waals surface area (Å²) in [6, 6.07) is 2.67. The fourth-order valence-electron chi connectivity index (χ4n) is 3.81. The first-order valence-electron chi connectivity index (χ1n) is 8.25. The fourth-order valence-corrected chi connectivity index (χ4v) is 3.81. The maximum absolute atomic E-state index is 13.2. The monoisotopic (exact) mass is 336 g/mol. The van der Waals surface area contributed by atoms with Crippen LogP contribution in [0.5, 0.6) is 0 Å². The lowest BCUT2D eigenvalue weighted by Crippen LogP contribution is -2.47. The highest BCUT2D eigenvalue weighted by atomic mass is 19.4. The van der Waals surface area contributed by atoms with E-state index in [2.05, 4.69) is 14.9 Å². The summed E-state index contributed by atoms with van der Waals surface area (Å²) in [7, 11) is 0. The smallest absolute Gasteiger partial charge is 0.368 e. The van der Waals surface area contributed by atoms with Crippen LogP contribution in [0, 0.1) is 11.8 Å². The summed E-state index contributed by atoms with van der Waals surface area (Å²) in [6.07, 6.45) is 1.76. The van der Waals surface area contributed by atoms with Crippen molar-refractivity contribution < 1.29 is 13.2 Å². The predicted octanol–water partition coefficient (Wildman–Crippen LogP) is 3.21. The highest BCUT2D eigenvalue weighted by Gasteiger charge is 2.38. The van der Waals surface area contributed by atoms with Gasteiger partial charge in [0.05, 0.1) is 11.3 Å². The second-order valence-corrected chi connectivity index (χ2v) is 6.88. The minimum absolute atomic E-state index is 0.0402. The summed E-state index contributed by atoms with van der Waals surface area (Å²) in [4.78, 5) is 10.2. The van der Waals surface area contributed by atoms with Crippen LogP contribution in [0.4, 0.5) is 18.9 Å². The number of hydrogen-bond acceptors (Lipinski definition) is 4. The zero-order valence-electron chi connectivity index (χ0n) is 13.1. The molecule has 2 aromatic rings. The van der Waals surface area contributed by atoms with Gasteiger partial charge in [0, 0.05) is 31.5 Å². The maximum atomic E-state index is 13.2. The Kier molecular flexibility index (Phi) is 3.63. The lowest BCUT2D eigenvalue weighted by atomic mass is 9.90. The van der Waals surface area contributed by atoms with Gasteiger partial charge in [-0.15, -0.1) is 0 Å². The summed E-state index contributed by atoms with van der Waals surface area (Å²) >= 11 is 0. The third kappa shape index (κ3) is 2.81. The topological polar surface area (TPSA) is 55.0 Å². The molecule has 2 N–H and O–H groups in total. The summed E-state index contributed by atoms with van der Waals surface area (Å²) in [5.41, 5.74) is 6.37. The fraction of sp³-hybridized carbons (Fsp3) is 0.529. The van der Waals surface area contributed by atoms with Crippen molar-refractivity contribution in [1.29, 1.82) is 0 Å². The van der Waals surface area contributed by atoms with Gasteiger partial charge in [0.2, 0.25) is 0 Å². The first kappa shape index (κ1) is 15.6. The highest BCUT2D eigenvalue weighted by Crippen LogP contribution is 2.43. The number of nitrogens with two attached hydrogens (primary N) is 1. The van der Waals surface area contributed by atoms with E-state index in [4.69, 9.17) is 5.73 Å². The molecule has 1 aliphatic heterocycles. The number of rotatable bonds is 2. The molecule has 4 rings (SSSR count). The van der Waals surface area contributed by atoms with Crippen molar-refractivity contribution in [3.05, 3.63) is 30.1 Å². The number of anilines is 1. The van der Waals surface area contributed by atoms with Gasteiger partial charge in [-0.1, -0.05) is 0 Å². The quantitative estimate of drug-likeness (QED) is 0.915. The van der Waals surface area contributed by atoms with E-state index in [1.54, 1.807) is 0 Å². The molecular formula is C17H19F3N4. The van der Waals surface area contributed by atoms with Crippen LogP contribution in [0.2, 0.25) is 0 Å². The summed E-state index contributed by atoms with van der Waals surface area (Å²) in [5.74, 6) is 1.23. The number of halogens is 3. The Balaban J connectivity index is 1.76. The third-order valence-corrected chi connectivity index (χ3v) is 5.05. The van der Waals surface area contributed by atoms with Crippen LogP contribution >= 0.6 is 0 Å². The molecule has 4 nitrogen and oxygen atoms in total. The van der Waals surface area contributed by atoms with E-state index in [1.165, 1.54) is 31.3 Å². The van der Waals surface area contributed by atoms with Crippen molar-refractivity contribution in [3.63, 3.8) is 0 Å². The molecule has 2 aliphatic rings. The van der Waals surface area contributed by atoms with Crippen molar-refractivity contribution in [1.82, 2.24) is 9.97 Å². The van der Waals surface area contributed by atoms with Crippen LogP contribution in [0.1, 0.15) is 24.8 Å². The molecule has 1 saturated heterocycles. The average molecular weight is 336 g/mol. The molecule has 0 bridgehead atoms. The van der Waals surface area contributed by atoms with Gasteiger partial charge in [-0.2, -0.15) is 13.2 Å². The second kappa shape index (κ2) is 5.58. The zero-order valence-corrected chi connectivity index (χ0v) is 13.1. The van der Waals surface area contributed by atoms with Crippen LogP contribution in [0.25, 0.3) is 11.0 Å². The summed E-state index contributed by atoms with van der Waals surface area (Å²) in [5, 5.41) is 0. The first-order valence-corrected chi connectivity index (χ1v) is 8.25. The Morgan fingerprint density at radius 3 is 2.38 bits per heavy atom. The molecule has 2 heterocycles. The molecule has 2 fully saturated rings. The van der Waals surface area contributed by atoms with Crippen molar-refractivity contribution in [2.24, 2.45) is 17.6 Å². The molecule has 0 spiro atoms. The second-order valence-electron chi connectivity index (χ2n) is 6.88. The van der Waals surface area contributed by atoms with Gasteiger partial charge in [0.1, 0.15) is 11.0 Å². The minimum Gasteiger partial charge on any atom is -0.368 e. The van der Waals surface area contributed by atoms with E-state index >= 15 is 0 Å². The maximum Gasteiger partial charge on any atom is 0.418 e. The molecule has 7 heteroatoms. The van der Waals surface area contributed by atoms with Gasteiger partial charge in [0.25, 0.3) is 0 Å². The molecular weight excluding hydrogens is 317 g/mol. The van der Waals surface area contributed by atoms with Crippen LogP contribution in [-0.2, 0) is 6.18 Å². The number of nitrogens with zero attached hydrogens (tertiary/aromatic N) is 3. The van der Waals surface area contributed by atoms with E-state index in [-0.39, 0.29) is 11.6 Å². The average Bonchev–Trinajstić information content (AvgIpc) is 3.37. The first-order chi connectivity index (χ1) is 11.4. The van der Waals surface area contributed by atoms with Crippen molar-refractivity contribution in [2.75, 3.05) is 18.0 Å². The molecule has 1 aromatic heterocycles. The molecule has 128 valence electrons. The van der Waals surface area contributed by atoms with Crippen LogP contribution < -0.4 is 10.6 Å². The van der Waals surface area contributed by atoms with Crippen molar-refractivity contribution in [2.45, 2.75) is 31.5 Å². The predicted molar refractivity (Wildman–Crippen MR) is 85.6 cm³/mol. The lowest BCUT2D eigenvalue weighted by molar-refractivity contribution is -0.136. The number of aromatic nitrogens is 2. The largest absolute Gasteiger partial charge is 0.418 e. The van der Waals surface area contributed by atoms with Gasteiger partial charge in [-0.05, 0) is 43.2 Å². The Morgan fingerprint density at radius 2 is 1.71 bits per heavy atom. The van der Waals surface area contributed by atoms with Gasteiger partial charge in [-0.3, -0.25) is 9.97 Å². The van der Waals surface area contributed by atoms with Gasteiger partial charge >= 0.3 is 6.18 Å². The van der Waals surface area contributed by atoms with E-state index in [0.717, 1.165) is 19.0 Å². The van der Waals surface area contributed by atoms with E-state index in [1.807, 2.05) is 0 Å². The SMILES string of the molecule is N[C@@H]1C[C@H](C2CC2)CN(c2ccc(C(F)(F)F)c3nccnc23)C1. The molecule has 1 aromatic carbocycles. The molecule has 0 amide bonds. The van der Waals surface area contributed by atoms with Crippen LogP contribution in [0.3, 0.4) is 0 Å². The molecule has 0 unspecified atom stereocenters. The van der Waals surface area contributed by atoms with E-state index in [0.29, 0.717) is 29.6 Å². The number of fused-ring (bicyclic) bond motifs is 1. The molecule has 0 radical (unpaired) electrons. The van der Waals surface area contributed by atoms with E-state index in [9.17, 15) is 13.2 Å². The van der Waals surface area contributed by atoms with Gasteiger partial charge in [0.15, 0.2) is 0 Å². The molecule has 24 heavy (non-hydrogen) atoms. The molecule has 2 atom stereocenters. The summed E-state index contributed by atoms with van der Waals surface area (Å²) < 4.78 is 39.7. The number of hydrogen-bond donors (Lipinski definition) is 1. The normalized spacial score (nSPS) is 25.2. The van der Waals surface area contributed by atoms with Gasteiger partial charge < -0.3 is 10.6 Å². The third-order valence-electron chi connectivity index (χ3n) is 5.05. The highest BCUT2D eigenvalue weighted by molar-refractivity contribution is 5.90. The summed E-state index contributed by atoms with van der Waals surface area (Å²) in [6.45, 7) is 1.47. The minimum atomic E-state index is -4.44. The van der Waals surface area contributed by atoms with E-state index < -0.39 is 11.7 Å². The Labute approximate surface area is 137 Å². The number of piperidine rings is 1. The van der Waals surface area contributed by atoms with Crippen LogP contribution in [-0.4, -0.2) is 29.1 Å². The molecule has 1 aliphatic carbocycles. The number of alkyl halides is 3. The Morgan fingerprint density at radius 1 is 1.00 bits per heavy atom. The lowest BCUT2D eigenvalue weighted by Gasteiger charge is -2.38. The Bertz CT molecular complexity index is 757. The standard InChI is InChI=1S/C17H19F3N4/c18-17(19,20)13-3-4-14(16-15(13)22-5-6-23-16)24-8-11(10-1-2-10)7-12(21)9-24/h3-6,10-12H,1-2,7-9,21H2/t11-,12+/m0/s1. The van der Waals surface area contributed by atoms with Crippen molar-refractivity contribution >= 4 is 16.7 Å². The van der Waals surface area contributed by atoms with Crippen molar-refractivity contribution in [3.8, 4) is 0 Å². The van der Waals surface area contributed by atoms with Crippen LogP contribution in [0.15, 0.2) is 24.5 Å².